The molecule has 3 rings (SSSR count). The van der Waals surface area contributed by atoms with Crippen molar-refractivity contribution in [2.45, 2.75) is 6.54 Å². The number of benzene rings is 1. The van der Waals surface area contributed by atoms with Gasteiger partial charge in [0.1, 0.15) is 0 Å². The number of aromatic nitrogens is 3. The summed E-state index contributed by atoms with van der Waals surface area (Å²) < 4.78 is 0.461. The molecule has 0 atom stereocenters. The van der Waals surface area contributed by atoms with Crippen LogP contribution < -0.4 is 5.32 Å². The number of anilines is 1. The fourth-order valence-electron chi connectivity index (χ4n) is 1.85. The van der Waals surface area contributed by atoms with Crippen molar-refractivity contribution < 1.29 is 9.90 Å². The van der Waals surface area contributed by atoms with Gasteiger partial charge in [-0.05, 0) is 12.1 Å². The van der Waals surface area contributed by atoms with Gasteiger partial charge in [-0.15, -0.1) is 11.3 Å². The van der Waals surface area contributed by atoms with E-state index in [4.69, 9.17) is 11.6 Å². The summed E-state index contributed by atoms with van der Waals surface area (Å²) in [6, 6.07) is 3.27. The van der Waals surface area contributed by atoms with Gasteiger partial charge in [-0.3, -0.25) is 0 Å². The minimum atomic E-state index is -0.994. The summed E-state index contributed by atoms with van der Waals surface area (Å²) in [4.78, 5) is 23.2. The Morgan fingerprint density at radius 3 is 3.00 bits per heavy atom. The maximum Gasteiger partial charge on any atom is 0.337 e. The van der Waals surface area contributed by atoms with Gasteiger partial charge in [0.25, 0.3) is 0 Å². The van der Waals surface area contributed by atoms with Crippen LogP contribution in [0.4, 0.5) is 5.69 Å². The maximum absolute atomic E-state index is 11.3. The largest absolute Gasteiger partial charge is 0.478 e. The number of H-pyrrole nitrogens is 1. The number of carboxylic acids is 1. The molecule has 0 saturated heterocycles. The molecule has 0 aliphatic heterocycles. The zero-order valence-electron chi connectivity index (χ0n) is 10.1. The minimum Gasteiger partial charge on any atom is -0.478 e. The summed E-state index contributed by atoms with van der Waals surface area (Å²) in [5.41, 5.74) is 2.10. The second kappa shape index (κ2) is 5.10. The molecule has 0 saturated carbocycles. The summed E-state index contributed by atoms with van der Waals surface area (Å²) in [7, 11) is 0. The van der Waals surface area contributed by atoms with Gasteiger partial charge in [0.2, 0.25) is 0 Å². The molecular weight excluding hydrogens is 300 g/mol. The van der Waals surface area contributed by atoms with Crippen LogP contribution in [0.15, 0.2) is 24.7 Å². The number of rotatable bonds is 4. The molecule has 1 aromatic carbocycles. The molecule has 20 heavy (non-hydrogen) atoms. The molecule has 0 aliphatic rings. The van der Waals surface area contributed by atoms with Gasteiger partial charge in [0.05, 0.1) is 35.2 Å². The highest BCUT2D eigenvalue weighted by atomic mass is 35.5. The van der Waals surface area contributed by atoms with Crippen molar-refractivity contribution in [3.05, 3.63) is 39.6 Å². The Morgan fingerprint density at radius 2 is 2.30 bits per heavy atom. The quantitative estimate of drug-likeness (QED) is 0.689. The molecule has 0 spiro atoms. The Balaban J connectivity index is 1.92. The van der Waals surface area contributed by atoms with Crippen molar-refractivity contribution in [3.8, 4) is 0 Å². The molecule has 0 bridgehead atoms. The average Bonchev–Trinajstić information content (AvgIpc) is 3.03. The van der Waals surface area contributed by atoms with E-state index >= 15 is 0 Å². The second-order valence-electron chi connectivity index (χ2n) is 4.06. The van der Waals surface area contributed by atoms with Gasteiger partial charge < -0.3 is 15.4 Å². The average molecular weight is 309 g/mol. The Kier molecular flexibility index (Phi) is 3.29. The summed E-state index contributed by atoms with van der Waals surface area (Å²) in [5, 5.41) is 12.3. The highest BCUT2D eigenvalue weighted by Crippen LogP contribution is 2.24. The van der Waals surface area contributed by atoms with Crippen molar-refractivity contribution in [2.75, 3.05) is 5.32 Å². The topological polar surface area (TPSA) is 90.9 Å². The number of carbonyl (C=O) groups is 1. The number of aromatic carboxylic acids is 1. The molecule has 0 unspecified atom stereocenters. The third kappa shape index (κ3) is 2.45. The SMILES string of the molecule is O=C(O)c1cc2[nH]cnc2cc1NCc1cnc(Cl)s1. The van der Waals surface area contributed by atoms with Crippen LogP contribution in [0.3, 0.4) is 0 Å². The van der Waals surface area contributed by atoms with Crippen LogP contribution in [0.1, 0.15) is 15.2 Å². The highest BCUT2D eigenvalue weighted by Gasteiger charge is 2.13. The molecule has 3 N–H and O–H groups in total. The number of carboxylic acid groups (broad SMARTS) is 1. The number of thiazole rings is 1. The monoisotopic (exact) mass is 308 g/mol. The van der Waals surface area contributed by atoms with E-state index in [1.165, 1.54) is 17.7 Å². The first-order valence-electron chi connectivity index (χ1n) is 5.68. The van der Waals surface area contributed by atoms with Gasteiger partial charge >= 0.3 is 5.97 Å². The number of hydrogen-bond donors (Lipinski definition) is 3. The van der Waals surface area contributed by atoms with Crippen molar-refractivity contribution >= 4 is 45.6 Å². The number of nitrogens with zero attached hydrogens (tertiary/aromatic N) is 2. The van der Waals surface area contributed by atoms with Crippen molar-refractivity contribution in [1.82, 2.24) is 15.0 Å². The lowest BCUT2D eigenvalue weighted by atomic mass is 10.1. The Morgan fingerprint density at radius 1 is 1.45 bits per heavy atom. The van der Waals surface area contributed by atoms with Gasteiger partial charge in [0, 0.05) is 11.1 Å². The lowest BCUT2D eigenvalue weighted by molar-refractivity contribution is 0.0698. The zero-order chi connectivity index (χ0) is 14.1. The lowest BCUT2D eigenvalue weighted by Crippen LogP contribution is -2.05. The number of nitrogens with one attached hydrogen (secondary N) is 2. The number of imidazole rings is 1. The fourth-order valence-corrected chi connectivity index (χ4v) is 2.77. The fraction of sp³-hybridized carbons (Fsp3) is 0.0833. The van der Waals surface area contributed by atoms with Gasteiger partial charge in [0.15, 0.2) is 4.47 Å². The Hall–Kier alpha value is -2.12. The van der Waals surface area contributed by atoms with Crippen LogP contribution >= 0.6 is 22.9 Å². The first-order chi connectivity index (χ1) is 9.63. The number of halogens is 1. The molecule has 0 fully saturated rings. The third-order valence-corrected chi connectivity index (χ3v) is 3.88. The van der Waals surface area contributed by atoms with Crippen molar-refractivity contribution in [1.29, 1.82) is 0 Å². The molecule has 102 valence electrons. The van der Waals surface area contributed by atoms with Crippen LogP contribution in [0, 0.1) is 0 Å². The molecule has 3 aromatic rings. The normalized spacial score (nSPS) is 10.8. The Labute approximate surface area is 122 Å². The predicted octanol–water partition coefficient (Wildman–Crippen LogP) is 2.98. The number of hydrogen-bond acceptors (Lipinski definition) is 5. The standard InChI is InChI=1S/C12H9ClN4O2S/c13-12-15-4-6(20-12)3-14-8-2-10-9(16-5-17-10)1-7(8)11(18)19/h1-2,4-5,14H,3H2,(H,16,17)(H,18,19). The highest BCUT2D eigenvalue weighted by molar-refractivity contribution is 7.15. The van der Waals surface area contributed by atoms with Gasteiger partial charge in [-0.2, -0.15) is 0 Å². The molecule has 0 amide bonds. The van der Waals surface area contributed by atoms with Crippen LogP contribution in [0.5, 0.6) is 0 Å². The molecule has 0 radical (unpaired) electrons. The molecule has 0 aliphatic carbocycles. The van der Waals surface area contributed by atoms with Crippen LogP contribution in [0.25, 0.3) is 11.0 Å². The maximum atomic E-state index is 11.3. The minimum absolute atomic E-state index is 0.192. The predicted molar refractivity (Wildman–Crippen MR) is 77.5 cm³/mol. The van der Waals surface area contributed by atoms with Crippen molar-refractivity contribution in [2.24, 2.45) is 0 Å². The van der Waals surface area contributed by atoms with Gasteiger partial charge in [-0.25, -0.2) is 14.8 Å². The van der Waals surface area contributed by atoms with E-state index in [1.807, 2.05) is 0 Å². The van der Waals surface area contributed by atoms with Crippen LogP contribution in [0.2, 0.25) is 4.47 Å². The number of aromatic amines is 1. The van der Waals surface area contributed by atoms with Gasteiger partial charge in [-0.1, -0.05) is 11.6 Å². The van der Waals surface area contributed by atoms with E-state index in [0.29, 0.717) is 27.7 Å². The molecule has 6 nitrogen and oxygen atoms in total. The second-order valence-corrected chi connectivity index (χ2v) is 5.75. The van der Waals surface area contributed by atoms with E-state index in [1.54, 1.807) is 18.3 Å². The molecule has 2 aromatic heterocycles. The van der Waals surface area contributed by atoms with Crippen LogP contribution in [-0.2, 0) is 6.54 Å². The zero-order valence-corrected chi connectivity index (χ0v) is 11.6. The molecule has 8 heteroatoms. The summed E-state index contributed by atoms with van der Waals surface area (Å²) >= 11 is 7.11. The first-order valence-corrected chi connectivity index (χ1v) is 6.87. The molecular formula is C12H9ClN4O2S. The summed E-state index contributed by atoms with van der Waals surface area (Å²) in [6.45, 7) is 0.459. The van der Waals surface area contributed by atoms with E-state index in [2.05, 4.69) is 20.3 Å². The summed E-state index contributed by atoms with van der Waals surface area (Å²) in [5.74, 6) is -0.994. The molecule has 2 heterocycles. The number of fused-ring (bicyclic) bond motifs is 1. The van der Waals surface area contributed by atoms with Crippen molar-refractivity contribution in [3.63, 3.8) is 0 Å². The smallest absolute Gasteiger partial charge is 0.337 e. The van der Waals surface area contributed by atoms with E-state index < -0.39 is 5.97 Å². The van der Waals surface area contributed by atoms with E-state index in [0.717, 1.165) is 4.88 Å². The first kappa shape index (κ1) is 12.9. The summed E-state index contributed by atoms with van der Waals surface area (Å²) in [6.07, 6.45) is 3.19. The van der Waals surface area contributed by atoms with Crippen LogP contribution in [-0.4, -0.2) is 26.0 Å². The van der Waals surface area contributed by atoms with E-state index in [-0.39, 0.29) is 5.56 Å². The third-order valence-electron chi connectivity index (χ3n) is 2.77. The Bertz CT molecular complexity index is 783. The lowest BCUT2D eigenvalue weighted by Gasteiger charge is -2.08. The van der Waals surface area contributed by atoms with E-state index in [9.17, 15) is 9.90 Å².